The van der Waals surface area contributed by atoms with Crippen molar-refractivity contribution in [2.45, 2.75) is 58.2 Å². The Morgan fingerprint density at radius 1 is 1.00 bits per heavy atom. The molecule has 4 fully saturated rings. The van der Waals surface area contributed by atoms with Crippen LogP contribution in [0.1, 0.15) is 46.0 Å². The Kier molecular flexibility index (Phi) is 3.99. The van der Waals surface area contributed by atoms with Gasteiger partial charge in [-0.1, -0.05) is 6.92 Å². The summed E-state index contributed by atoms with van der Waals surface area (Å²) < 4.78 is 0. The van der Waals surface area contributed by atoms with Crippen molar-refractivity contribution in [1.29, 1.82) is 0 Å². The number of hydrogen-bond acceptors (Lipinski definition) is 5. The molecule has 1 spiro atoms. The number of aliphatic hydroxyl groups excluding tert-OH is 2. The first-order valence-corrected chi connectivity index (χ1v) is 10.00. The van der Waals surface area contributed by atoms with Crippen LogP contribution >= 0.6 is 0 Å². The first-order chi connectivity index (χ1) is 12.9. The molecule has 28 heavy (non-hydrogen) atoms. The molecule has 8 nitrogen and oxygen atoms in total. The molecule has 4 saturated carbocycles. The molecule has 4 aliphatic rings. The molecule has 0 aliphatic heterocycles. The number of carbonyl (C=O) groups is 3. The lowest BCUT2D eigenvalue weighted by atomic mass is 9.51. The highest BCUT2D eigenvalue weighted by atomic mass is 16.4. The zero-order valence-electron chi connectivity index (χ0n) is 16.0. The van der Waals surface area contributed by atoms with E-state index in [0.717, 1.165) is 0 Å². The van der Waals surface area contributed by atoms with E-state index in [2.05, 4.69) is 0 Å². The van der Waals surface area contributed by atoms with Gasteiger partial charge in [-0.15, -0.1) is 0 Å². The number of aliphatic hydroxyl groups is 2. The average Bonchev–Trinajstić information content (AvgIpc) is 3.03. The van der Waals surface area contributed by atoms with E-state index in [-0.39, 0.29) is 31.1 Å². The van der Waals surface area contributed by atoms with Gasteiger partial charge >= 0.3 is 17.9 Å². The third kappa shape index (κ3) is 1.95. The second kappa shape index (κ2) is 5.69. The van der Waals surface area contributed by atoms with Crippen molar-refractivity contribution < 1.29 is 39.9 Å². The summed E-state index contributed by atoms with van der Waals surface area (Å²) in [6.45, 7) is 3.25. The van der Waals surface area contributed by atoms with Gasteiger partial charge in [-0.05, 0) is 62.2 Å². The molecule has 10 unspecified atom stereocenters. The standard InChI is InChI=1S/C20H28O8/c1-8-6-19-7-9(8)10(21)5-11(19)20(17(27)28)4-3-12(22)18(2,16(25)26)14(20)13(19)15(23)24/h8-14,21-22H,3-7H2,1-2H3,(H,23,24)(H,25,26)(H,27,28). The lowest BCUT2D eigenvalue weighted by Crippen LogP contribution is -2.60. The fourth-order valence-corrected chi connectivity index (χ4v) is 8.11. The minimum absolute atomic E-state index is 0.0143. The second-order valence-corrected chi connectivity index (χ2v) is 9.92. The van der Waals surface area contributed by atoms with E-state index in [1.54, 1.807) is 0 Å². The van der Waals surface area contributed by atoms with Gasteiger partial charge in [-0.2, -0.15) is 0 Å². The Labute approximate surface area is 162 Å². The summed E-state index contributed by atoms with van der Waals surface area (Å²) in [6, 6.07) is 0. The number of carboxylic acids is 3. The van der Waals surface area contributed by atoms with Crippen molar-refractivity contribution in [2.24, 2.45) is 45.8 Å². The van der Waals surface area contributed by atoms with Gasteiger partial charge in [-0.25, -0.2) is 0 Å². The van der Waals surface area contributed by atoms with Crippen molar-refractivity contribution in [1.82, 2.24) is 0 Å². The van der Waals surface area contributed by atoms with Gasteiger partial charge in [0.1, 0.15) is 0 Å². The molecule has 156 valence electrons. The highest BCUT2D eigenvalue weighted by Crippen LogP contribution is 2.77. The van der Waals surface area contributed by atoms with E-state index in [1.807, 2.05) is 6.92 Å². The second-order valence-electron chi connectivity index (χ2n) is 9.92. The molecular formula is C20H28O8. The minimum Gasteiger partial charge on any atom is -0.481 e. The Hall–Kier alpha value is -1.67. The molecule has 0 aromatic rings. The van der Waals surface area contributed by atoms with Crippen LogP contribution < -0.4 is 0 Å². The topological polar surface area (TPSA) is 152 Å². The first-order valence-electron chi connectivity index (χ1n) is 10.00. The monoisotopic (exact) mass is 396 g/mol. The van der Waals surface area contributed by atoms with Crippen molar-refractivity contribution in [3.63, 3.8) is 0 Å². The maximum Gasteiger partial charge on any atom is 0.312 e. The number of fused-ring (bicyclic) bond motifs is 3. The van der Waals surface area contributed by atoms with Gasteiger partial charge in [0, 0.05) is 5.92 Å². The predicted molar refractivity (Wildman–Crippen MR) is 94.1 cm³/mol. The lowest BCUT2D eigenvalue weighted by Gasteiger charge is -2.51. The molecule has 5 N–H and O–H groups in total. The van der Waals surface area contributed by atoms with Crippen LogP contribution in [0.5, 0.6) is 0 Å². The van der Waals surface area contributed by atoms with Gasteiger partial charge in [0.15, 0.2) is 0 Å². The Bertz CT molecular complexity index is 750. The molecule has 8 heteroatoms. The smallest absolute Gasteiger partial charge is 0.312 e. The summed E-state index contributed by atoms with van der Waals surface area (Å²) in [5, 5.41) is 51.9. The van der Waals surface area contributed by atoms with Crippen LogP contribution in [-0.2, 0) is 14.4 Å². The van der Waals surface area contributed by atoms with Crippen LogP contribution in [0.15, 0.2) is 0 Å². The molecule has 10 atom stereocenters. The molecular weight excluding hydrogens is 368 g/mol. The summed E-state index contributed by atoms with van der Waals surface area (Å²) in [5.41, 5.74) is -4.32. The van der Waals surface area contributed by atoms with E-state index < -0.39 is 64.1 Å². The molecule has 4 rings (SSSR count). The SMILES string of the molecule is CC1CC23CC1C(O)CC2C1(C(=O)O)CCC(O)C(C)(C(=O)O)C1C3C(=O)O. The number of carboxylic acid groups (broad SMARTS) is 3. The molecule has 0 aromatic carbocycles. The summed E-state index contributed by atoms with van der Waals surface area (Å²) in [6.07, 6.45) is -0.989. The highest BCUT2D eigenvalue weighted by molar-refractivity contribution is 5.86. The quantitative estimate of drug-likeness (QED) is 0.474. The Balaban J connectivity index is 2.02. The molecule has 2 bridgehead atoms. The molecule has 4 aliphatic carbocycles. The van der Waals surface area contributed by atoms with Crippen LogP contribution in [0.4, 0.5) is 0 Å². The van der Waals surface area contributed by atoms with E-state index in [1.165, 1.54) is 6.92 Å². The van der Waals surface area contributed by atoms with E-state index in [0.29, 0.717) is 12.8 Å². The molecule has 0 aromatic heterocycles. The third-order valence-electron chi connectivity index (χ3n) is 9.14. The van der Waals surface area contributed by atoms with Crippen molar-refractivity contribution in [3.8, 4) is 0 Å². The normalized spacial score (nSPS) is 54.6. The predicted octanol–water partition coefficient (Wildman–Crippen LogP) is 1.05. The number of aliphatic carboxylic acids is 3. The van der Waals surface area contributed by atoms with Gasteiger partial charge in [0.25, 0.3) is 0 Å². The summed E-state index contributed by atoms with van der Waals surface area (Å²) >= 11 is 0. The largest absolute Gasteiger partial charge is 0.481 e. The first kappa shape index (κ1) is 19.6. The minimum atomic E-state index is -1.88. The fourth-order valence-electron chi connectivity index (χ4n) is 8.11. The number of rotatable bonds is 3. The van der Waals surface area contributed by atoms with Gasteiger partial charge in [0.05, 0.1) is 29.0 Å². The third-order valence-corrected chi connectivity index (χ3v) is 9.14. The van der Waals surface area contributed by atoms with E-state index in [9.17, 15) is 39.9 Å². The van der Waals surface area contributed by atoms with Crippen molar-refractivity contribution >= 4 is 17.9 Å². The Morgan fingerprint density at radius 3 is 2.18 bits per heavy atom. The maximum atomic E-state index is 12.7. The zero-order valence-corrected chi connectivity index (χ0v) is 16.0. The molecule has 0 radical (unpaired) electrons. The molecule has 0 amide bonds. The average molecular weight is 396 g/mol. The van der Waals surface area contributed by atoms with Gasteiger partial charge < -0.3 is 25.5 Å². The molecule has 0 saturated heterocycles. The van der Waals surface area contributed by atoms with Crippen LogP contribution in [0, 0.1) is 45.8 Å². The van der Waals surface area contributed by atoms with Gasteiger partial charge in [-0.3, -0.25) is 14.4 Å². The lowest BCUT2D eigenvalue weighted by molar-refractivity contribution is -0.192. The van der Waals surface area contributed by atoms with Crippen LogP contribution in [0.3, 0.4) is 0 Å². The van der Waals surface area contributed by atoms with Gasteiger partial charge in [0.2, 0.25) is 0 Å². The van der Waals surface area contributed by atoms with E-state index >= 15 is 0 Å². The van der Waals surface area contributed by atoms with Crippen molar-refractivity contribution in [3.05, 3.63) is 0 Å². The fraction of sp³-hybridized carbons (Fsp3) is 0.850. The zero-order chi connectivity index (χ0) is 20.8. The molecule has 0 heterocycles. The highest BCUT2D eigenvalue weighted by Gasteiger charge is 2.81. The summed E-state index contributed by atoms with van der Waals surface area (Å²) in [5.74, 6) is -6.86. The van der Waals surface area contributed by atoms with Crippen LogP contribution in [0.2, 0.25) is 0 Å². The van der Waals surface area contributed by atoms with Crippen molar-refractivity contribution in [2.75, 3.05) is 0 Å². The maximum absolute atomic E-state index is 12.7. The Morgan fingerprint density at radius 2 is 1.64 bits per heavy atom. The van der Waals surface area contributed by atoms with E-state index in [4.69, 9.17) is 0 Å². The van der Waals surface area contributed by atoms with Crippen LogP contribution in [0.25, 0.3) is 0 Å². The summed E-state index contributed by atoms with van der Waals surface area (Å²) in [4.78, 5) is 37.5. The number of hydrogen-bond donors (Lipinski definition) is 5. The van der Waals surface area contributed by atoms with Crippen LogP contribution in [-0.4, -0.2) is 55.6 Å². The summed E-state index contributed by atoms with van der Waals surface area (Å²) in [7, 11) is 0.